The summed E-state index contributed by atoms with van der Waals surface area (Å²) >= 11 is 0.132. The molecular weight excluding hydrogens is 476 g/mol. The summed E-state index contributed by atoms with van der Waals surface area (Å²) in [5.41, 5.74) is 1.26. The average Bonchev–Trinajstić information content (AvgIpc) is 3.12. The summed E-state index contributed by atoms with van der Waals surface area (Å²) in [5.74, 6) is -0.818. The van der Waals surface area contributed by atoms with E-state index in [1.54, 1.807) is 54.6 Å². The van der Waals surface area contributed by atoms with Gasteiger partial charge in [0.05, 0.1) is 15.7 Å². The van der Waals surface area contributed by atoms with Gasteiger partial charge in [0, 0.05) is 6.20 Å². The molecule has 1 unspecified atom stereocenters. The van der Waals surface area contributed by atoms with Crippen LogP contribution in [0.4, 0.5) is 4.79 Å². The number of hydrogen-bond donors (Lipinski definition) is 0. The molecule has 1 amide bonds. The highest BCUT2D eigenvalue weighted by molar-refractivity contribution is 9.10. The molecule has 0 fully saturated rings. The Bertz CT molecular complexity index is 1040. The van der Waals surface area contributed by atoms with Crippen LogP contribution in [0.25, 0.3) is 0 Å². The third kappa shape index (κ3) is 5.35. The molecule has 10 heteroatoms. The highest BCUT2D eigenvalue weighted by Gasteiger charge is 2.26. The van der Waals surface area contributed by atoms with Crippen LogP contribution in [0, 0.1) is 0 Å². The third-order valence-corrected chi connectivity index (χ3v) is 5.17. The molecule has 156 valence electrons. The van der Waals surface area contributed by atoms with Gasteiger partial charge in [-0.15, -0.1) is 4.41 Å². The minimum Gasteiger partial charge on any atom is -0.754 e. The Morgan fingerprint density at radius 1 is 0.933 bits per heavy atom. The van der Waals surface area contributed by atoms with E-state index in [4.69, 9.17) is 9.47 Å². The Kier molecular flexibility index (Phi) is 7.39. The Labute approximate surface area is 183 Å². The van der Waals surface area contributed by atoms with Gasteiger partial charge < -0.3 is 14.0 Å². The van der Waals surface area contributed by atoms with Crippen LogP contribution in [0.3, 0.4) is 0 Å². The van der Waals surface area contributed by atoms with Crippen LogP contribution in [0.15, 0.2) is 77.4 Å². The van der Waals surface area contributed by atoms with Crippen molar-refractivity contribution in [1.82, 2.24) is 4.68 Å². The lowest BCUT2D eigenvalue weighted by molar-refractivity contribution is 0.0459. The maximum Gasteiger partial charge on any atom is 0.441 e. The van der Waals surface area contributed by atoms with Crippen LogP contribution in [0.2, 0.25) is 0 Å². The van der Waals surface area contributed by atoms with Gasteiger partial charge >= 0.3 is 12.1 Å². The summed E-state index contributed by atoms with van der Waals surface area (Å²) in [7, 11) is 0. The van der Waals surface area contributed by atoms with E-state index in [0.717, 1.165) is 10.2 Å². The molecule has 1 atom stereocenters. The Morgan fingerprint density at radius 2 is 1.47 bits per heavy atom. The normalized spacial score (nSPS) is 11.5. The lowest BCUT2D eigenvalue weighted by atomic mass is 10.2. The first-order valence-electron chi connectivity index (χ1n) is 8.65. The molecular formula is C20H16BrN2O6S-. The zero-order chi connectivity index (χ0) is 21.5. The van der Waals surface area contributed by atoms with E-state index in [1.165, 1.54) is 12.3 Å². The van der Waals surface area contributed by atoms with Crippen molar-refractivity contribution in [2.75, 3.05) is 4.41 Å². The number of ether oxygens (including phenoxy) is 2. The van der Waals surface area contributed by atoms with Crippen LogP contribution in [0.5, 0.6) is 0 Å². The van der Waals surface area contributed by atoms with E-state index in [0.29, 0.717) is 9.98 Å². The zero-order valence-corrected chi connectivity index (χ0v) is 17.9. The largest absolute Gasteiger partial charge is 0.754 e. The van der Waals surface area contributed by atoms with Crippen molar-refractivity contribution in [3.8, 4) is 0 Å². The highest BCUT2D eigenvalue weighted by Crippen LogP contribution is 2.21. The second-order valence-corrected chi connectivity index (χ2v) is 7.58. The van der Waals surface area contributed by atoms with Crippen LogP contribution in [0.1, 0.15) is 21.6 Å². The number of hydrogen-bond acceptors (Lipinski definition) is 6. The van der Waals surface area contributed by atoms with Gasteiger partial charge in [-0.05, 0) is 33.1 Å². The number of carbonyl (C=O) groups is 2. The number of halogens is 1. The number of rotatable bonds is 7. The summed E-state index contributed by atoms with van der Waals surface area (Å²) in [6.07, 6.45) is 0.0652. The fourth-order valence-electron chi connectivity index (χ4n) is 2.53. The topological polar surface area (TPSA) is 101 Å². The quantitative estimate of drug-likeness (QED) is 0.369. The minimum absolute atomic E-state index is 0.0176. The molecule has 0 radical (unpaired) electrons. The molecule has 0 saturated carbocycles. The maximum atomic E-state index is 12.6. The Hall–Kier alpha value is -2.95. The van der Waals surface area contributed by atoms with Gasteiger partial charge in [-0.1, -0.05) is 60.7 Å². The number of aromatic nitrogens is 1. The molecule has 3 aromatic rings. The van der Waals surface area contributed by atoms with Gasteiger partial charge in [0.25, 0.3) is 0 Å². The van der Waals surface area contributed by atoms with Gasteiger partial charge in [-0.2, -0.15) is 0 Å². The van der Waals surface area contributed by atoms with E-state index in [-0.39, 0.29) is 23.4 Å². The molecule has 0 aliphatic carbocycles. The SMILES string of the molecule is O=C(OCc1ccccc1)c1c(Br)ccn1N(C(=O)OCc1ccccc1)S(=O)[O-]. The molecule has 2 aromatic carbocycles. The van der Waals surface area contributed by atoms with Crippen LogP contribution >= 0.6 is 15.9 Å². The summed E-state index contributed by atoms with van der Waals surface area (Å²) in [6, 6.07) is 19.2. The first kappa shape index (κ1) is 21.8. The molecule has 30 heavy (non-hydrogen) atoms. The van der Waals surface area contributed by atoms with Crippen molar-refractivity contribution >= 4 is 39.3 Å². The Balaban J connectivity index is 1.77. The van der Waals surface area contributed by atoms with Crippen molar-refractivity contribution < 1.29 is 27.8 Å². The molecule has 1 heterocycles. The summed E-state index contributed by atoms with van der Waals surface area (Å²) < 4.78 is 35.3. The van der Waals surface area contributed by atoms with E-state index >= 15 is 0 Å². The van der Waals surface area contributed by atoms with Crippen molar-refractivity contribution in [2.24, 2.45) is 0 Å². The van der Waals surface area contributed by atoms with Crippen LogP contribution in [-0.4, -0.2) is 25.5 Å². The lowest BCUT2D eigenvalue weighted by Crippen LogP contribution is -2.43. The van der Waals surface area contributed by atoms with Crippen LogP contribution in [-0.2, 0) is 34.0 Å². The number of amides is 1. The van der Waals surface area contributed by atoms with E-state index in [1.807, 2.05) is 6.07 Å². The smallest absolute Gasteiger partial charge is 0.441 e. The van der Waals surface area contributed by atoms with Crippen molar-refractivity contribution in [3.63, 3.8) is 0 Å². The third-order valence-electron chi connectivity index (χ3n) is 3.92. The fourth-order valence-corrected chi connectivity index (χ4v) is 3.44. The van der Waals surface area contributed by atoms with Gasteiger partial charge in [-0.25, -0.2) is 18.5 Å². The number of esters is 1. The molecule has 3 rings (SSSR count). The maximum absolute atomic E-state index is 12.6. The molecule has 8 nitrogen and oxygen atoms in total. The number of nitrogens with zero attached hydrogens (tertiary/aromatic N) is 2. The lowest BCUT2D eigenvalue weighted by Gasteiger charge is -2.25. The predicted octanol–water partition coefficient (Wildman–Crippen LogP) is 3.68. The molecule has 0 N–H and O–H groups in total. The molecule has 0 saturated heterocycles. The Morgan fingerprint density at radius 3 is 2.00 bits per heavy atom. The van der Waals surface area contributed by atoms with E-state index < -0.39 is 23.3 Å². The molecule has 0 aliphatic heterocycles. The highest BCUT2D eigenvalue weighted by atomic mass is 79.9. The zero-order valence-electron chi connectivity index (χ0n) is 15.5. The van der Waals surface area contributed by atoms with Crippen molar-refractivity contribution in [3.05, 3.63) is 94.2 Å². The first-order valence-corrected chi connectivity index (χ1v) is 10.5. The van der Waals surface area contributed by atoms with Crippen molar-refractivity contribution in [1.29, 1.82) is 0 Å². The second kappa shape index (κ2) is 10.2. The second-order valence-electron chi connectivity index (χ2n) is 5.95. The van der Waals surface area contributed by atoms with Gasteiger partial charge in [0.2, 0.25) is 0 Å². The van der Waals surface area contributed by atoms with Gasteiger partial charge in [0.1, 0.15) is 13.2 Å². The summed E-state index contributed by atoms with van der Waals surface area (Å²) in [6.45, 7) is -0.153. The van der Waals surface area contributed by atoms with Gasteiger partial charge in [-0.3, -0.25) is 0 Å². The predicted molar refractivity (Wildman–Crippen MR) is 111 cm³/mol. The molecule has 1 aromatic heterocycles. The monoisotopic (exact) mass is 491 g/mol. The summed E-state index contributed by atoms with van der Waals surface area (Å²) in [5, 5.41) is 0. The number of benzene rings is 2. The standard InChI is InChI=1S/C20H17BrN2O6S/c21-17-11-12-22(18(17)19(24)28-13-15-7-3-1-4-8-15)23(30(26)27)20(25)29-14-16-9-5-2-6-10-16/h1-12H,13-14H2,(H,26,27)/p-1. The van der Waals surface area contributed by atoms with E-state index in [9.17, 15) is 18.4 Å². The van der Waals surface area contributed by atoms with Crippen molar-refractivity contribution in [2.45, 2.75) is 13.2 Å². The molecule has 0 aliphatic rings. The number of carbonyl (C=O) groups excluding carboxylic acids is 2. The van der Waals surface area contributed by atoms with E-state index in [2.05, 4.69) is 15.9 Å². The fraction of sp³-hybridized carbons (Fsp3) is 0.100. The average molecular weight is 492 g/mol. The first-order chi connectivity index (χ1) is 14.5. The molecule has 0 spiro atoms. The van der Waals surface area contributed by atoms with Gasteiger partial charge in [0.15, 0.2) is 5.69 Å². The van der Waals surface area contributed by atoms with Crippen LogP contribution < -0.4 is 4.41 Å². The molecule has 0 bridgehead atoms. The summed E-state index contributed by atoms with van der Waals surface area (Å²) in [4.78, 5) is 25.0. The minimum atomic E-state index is -3.05.